The van der Waals surface area contributed by atoms with Crippen molar-refractivity contribution in [3.63, 3.8) is 0 Å². The topological polar surface area (TPSA) is 38.3 Å². The predicted molar refractivity (Wildman–Crippen MR) is 81.3 cm³/mol. The van der Waals surface area contributed by atoms with Gasteiger partial charge in [0.1, 0.15) is 5.75 Å². The number of hydrogen-bond acceptors (Lipinski definition) is 2. The third kappa shape index (κ3) is 3.18. The molecule has 20 heavy (non-hydrogen) atoms. The highest BCUT2D eigenvalue weighted by Gasteiger charge is 2.14. The van der Waals surface area contributed by atoms with Crippen LogP contribution in [0.3, 0.4) is 0 Å². The molecule has 0 aliphatic rings. The number of methoxy groups -OCH3 is 1. The second-order valence-corrected chi connectivity index (χ2v) is 4.77. The monoisotopic (exact) mass is 269 g/mol. The number of anilines is 1. The quantitative estimate of drug-likeness (QED) is 0.916. The van der Waals surface area contributed by atoms with Gasteiger partial charge in [-0.2, -0.15) is 0 Å². The number of ether oxygens (including phenoxy) is 1. The van der Waals surface area contributed by atoms with Crippen LogP contribution in [0.5, 0.6) is 5.75 Å². The molecule has 1 amide bonds. The second-order valence-electron chi connectivity index (χ2n) is 4.77. The lowest BCUT2D eigenvalue weighted by atomic mass is 9.91. The Balaban J connectivity index is 2.41. The van der Waals surface area contributed by atoms with Crippen molar-refractivity contribution in [2.75, 3.05) is 12.4 Å². The molecule has 0 saturated carbocycles. The molecular formula is C17H19NO2. The Morgan fingerprint density at radius 1 is 1.15 bits per heavy atom. The van der Waals surface area contributed by atoms with Gasteiger partial charge in [-0.05, 0) is 17.2 Å². The SMILES string of the molecule is COc1ccc([C@H](C)c2ccccc2)c(NC(C)=O)c1. The van der Waals surface area contributed by atoms with Gasteiger partial charge in [0.2, 0.25) is 5.91 Å². The van der Waals surface area contributed by atoms with Gasteiger partial charge in [-0.15, -0.1) is 0 Å². The summed E-state index contributed by atoms with van der Waals surface area (Å²) < 4.78 is 5.23. The minimum Gasteiger partial charge on any atom is -0.497 e. The maximum absolute atomic E-state index is 11.4. The normalized spacial score (nSPS) is 11.8. The van der Waals surface area contributed by atoms with Crippen LogP contribution in [0.2, 0.25) is 0 Å². The molecule has 0 aliphatic carbocycles. The number of carbonyl (C=O) groups excluding carboxylic acids is 1. The van der Waals surface area contributed by atoms with Gasteiger partial charge < -0.3 is 10.1 Å². The van der Waals surface area contributed by atoms with Crippen molar-refractivity contribution < 1.29 is 9.53 Å². The summed E-state index contributed by atoms with van der Waals surface area (Å²) in [6.07, 6.45) is 0. The van der Waals surface area contributed by atoms with Crippen molar-refractivity contribution in [3.8, 4) is 5.75 Å². The summed E-state index contributed by atoms with van der Waals surface area (Å²) in [4.78, 5) is 11.4. The predicted octanol–water partition coefficient (Wildman–Crippen LogP) is 3.81. The summed E-state index contributed by atoms with van der Waals surface area (Å²) in [6, 6.07) is 16.0. The van der Waals surface area contributed by atoms with Crippen molar-refractivity contribution in [1.82, 2.24) is 0 Å². The van der Waals surface area contributed by atoms with Crippen LogP contribution in [0.15, 0.2) is 48.5 Å². The lowest BCUT2D eigenvalue weighted by molar-refractivity contribution is -0.114. The van der Waals surface area contributed by atoms with Crippen LogP contribution in [0.4, 0.5) is 5.69 Å². The highest BCUT2D eigenvalue weighted by atomic mass is 16.5. The molecule has 0 fully saturated rings. The first kappa shape index (κ1) is 14.1. The molecule has 0 heterocycles. The van der Waals surface area contributed by atoms with E-state index in [4.69, 9.17) is 4.74 Å². The van der Waals surface area contributed by atoms with Gasteiger partial charge in [-0.3, -0.25) is 4.79 Å². The Labute approximate surface area is 119 Å². The third-order valence-electron chi connectivity index (χ3n) is 3.34. The molecule has 3 heteroatoms. The molecule has 0 aliphatic heterocycles. The van der Waals surface area contributed by atoms with Gasteiger partial charge in [0, 0.05) is 24.6 Å². The Bertz CT molecular complexity index is 593. The van der Waals surface area contributed by atoms with Crippen molar-refractivity contribution in [2.24, 2.45) is 0 Å². The number of hydrogen-bond donors (Lipinski definition) is 1. The fraction of sp³-hybridized carbons (Fsp3) is 0.235. The molecule has 0 unspecified atom stereocenters. The van der Waals surface area contributed by atoms with Gasteiger partial charge in [0.05, 0.1) is 7.11 Å². The highest BCUT2D eigenvalue weighted by Crippen LogP contribution is 2.32. The molecule has 2 aromatic rings. The van der Waals surface area contributed by atoms with E-state index in [0.717, 1.165) is 17.0 Å². The average Bonchev–Trinajstić information content (AvgIpc) is 2.46. The molecule has 0 aromatic heterocycles. The Morgan fingerprint density at radius 2 is 1.85 bits per heavy atom. The van der Waals surface area contributed by atoms with E-state index >= 15 is 0 Å². The van der Waals surface area contributed by atoms with E-state index in [2.05, 4.69) is 24.4 Å². The number of amides is 1. The van der Waals surface area contributed by atoms with Crippen LogP contribution < -0.4 is 10.1 Å². The first-order valence-corrected chi connectivity index (χ1v) is 6.62. The first-order valence-electron chi connectivity index (χ1n) is 6.62. The molecule has 0 radical (unpaired) electrons. The van der Waals surface area contributed by atoms with Crippen LogP contribution in [-0.2, 0) is 4.79 Å². The minimum absolute atomic E-state index is 0.0836. The van der Waals surface area contributed by atoms with Crippen molar-refractivity contribution in [2.45, 2.75) is 19.8 Å². The molecule has 0 saturated heterocycles. The van der Waals surface area contributed by atoms with Crippen molar-refractivity contribution in [1.29, 1.82) is 0 Å². The first-order chi connectivity index (χ1) is 9.61. The van der Waals surface area contributed by atoms with Crippen molar-refractivity contribution >= 4 is 11.6 Å². The zero-order chi connectivity index (χ0) is 14.5. The van der Waals surface area contributed by atoms with E-state index in [1.807, 2.05) is 36.4 Å². The summed E-state index contributed by atoms with van der Waals surface area (Å²) >= 11 is 0. The zero-order valence-electron chi connectivity index (χ0n) is 12.0. The standard InChI is InChI=1S/C17H19NO2/c1-12(14-7-5-4-6-8-14)16-10-9-15(20-3)11-17(16)18-13(2)19/h4-12H,1-3H3,(H,18,19)/t12-/m1/s1. The summed E-state index contributed by atoms with van der Waals surface area (Å²) in [5, 5.41) is 2.88. The van der Waals surface area contributed by atoms with E-state index in [0.29, 0.717) is 0 Å². The van der Waals surface area contributed by atoms with E-state index < -0.39 is 0 Å². The van der Waals surface area contributed by atoms with Crippen LogP contribution in [0, 0.1) is 0 Å². The summed E-state index contributed by atoms with van der Waals surface area (Å²) in [6.45, 7) is 3.64. The maximum atomic E-state index is 11.4. The molecule has 3 nitrogen and oxygen atoms in total. The lowest BCUT2D eigenvalue weighted by Crippen LogP contribution is -2.10. The van der Waals surface area contributed by atoms with Gasteiger partial charge in [-0.25, -0.2) is 0 Å². The smallest absolute Gasteiger partial charge is 0.221 e. The molecule has 1 atom stereocenters. The maximum Gasteiger partial charge on any atom is 0.221 e. The lowest BCUT2D eigenvalue weighted by Gasteiger charge is -2.18. The van der Waals surface area contributed by atoms with Gasteiger partial charge in [0.25, 0.3) is 0 Å². The fourth-order valence-corrected chi connectivity index (χ4v) is 2.26. The Hall–Kier alpha value is -2.29. The molecule has 0 spiro atoms. The van der Waals surface area contributed by atoms with Gasteiger partial charge in [0.15, 0.2) is 0 Å². The molecular weight excluding hydrogens is 250 g/mol. The summed E-state index contributed by atoms with van der Waals surface area (Å²) in [5.74, 6) is 0.849. The largest absolute Gasteiger partial charge is 0.497 e. The summed E-state index contributed by atoms with van der Waals surface area (Å²) in [7, 11) is 1.62. The zero-order valence-corrected chi connectivity index (χ0v) is 12.0. The minimum atomic E-state index is -0.0836. The Kier molecular flexibility index (Phi) is 4.41. The highest BCUT2D eigenvalue weighted by molar-refractivity contribution is 5.90. The van der Waals surface area contributed by atoms with Gasteiger partial charge >= 0.3 is 0 Å². The number of benzene rings is 2. The number of nitrogens with one attached hydrogen (secondary N) is 1. The second kappa shape index (κ2) is 6.24. The van der Waals surface area contributed by atoms with E-state index in [1.165, 1.54) is 12.5 Å². The van der Waals surface area contributed by atoms with Crippen LogP contribution in [0.25, 0.3) is 0 Å². The Morgan fingerprint density at radius 3 is 2.45 bits per heavy atom. The number of carbonyl (C=O) groups is 1. The molecule has 2 rings (SSSR count). The van der Waals surface area contributed by atoms with Crippen LogP contribution >= 0.6 is 0 Å². The van der Waals surface area contributed by atoms with Crippen LogP contribution in [-0.4, -0.2) is 13.0 Å². The third-order valence-corrected chi connectivity index (χ3v) is 3.34. The molecule has 1 N–H and O–H groups in total. The van der Waals surface area contributed by atoms with E-state index in [-0.39, 0.29) is 11.8 Å². The van der Waals surface area contributed by atoms with E-state index in [1.54, 1.807) is 7.11 Å². The molecule has 0 bridgehead atoms. The molecule has 104 valence electrons. The summed E-state index contributed by atoms with van der Waals surface area (Å²) in [5.41, 5.74) is 3.09. The van der Waals surface area contributed by atoms with Gasteiger partial charge in [-0.1, -0.05) is 43.3 Å². The van der Waals surface area contributed by atoms with Crippen molar-refractivity contribution in [3.05, 3.63) is 59.7 Å². The fourth-order valence-electron chi connectivity index (χ4n) is 2.26. The molecule has 2 aromatic carbocycles. The van der Waals surface area contributed by atoms with E-state index in [9.17, 15) is 4.79 Å². The van der Waals surface area contributed by atoms with Crippen LogP contribution in [0.1, 0.15) is 30.9 Å². The number of rotatable bonds is 4. The average molecular weight is 269 g/mol.